The molecule has 8 heteroatoms. The van der Waals surface area contributed by atoms with Crippen LogP contribution in [0, 0.1) is 5.82 Å². The molecular formula is C27H30ClFN6. The van der Waals surface area contributed by atoms with Crippen LogP contribution in [0.5, 0.6) is 0 Å². The molecule has 0 aliphatic carbocycles. The van der Waals surface area contributed by atoms with Crippen LogP contribution < -0.4 is 10.2 Å². The number of likely N-dealkylation sites (N-methyl/N-ethyl adjacent to an activating group) is 1. The molecule has 1 saturated heterocycles. The number of nitrogens with zero attached hydrogens (tertiary/aromatic N) is 5. The van der Waals surface area contributed by atoms with Crippen LogP contribution in [0.4, 0.5) is 21.7 Å². The zero-order chi connectivity index (χ0) is 24.6. The number of piperazine rings is 1. The fourth-order valence-corrected chi connectivity index (χ4v) is 4.96. The van der Waals surface area contributed by atoms with Crippen LogP contribution in [-0.4, -0.2) is 60.4 Å². The number of rotatable bonds is 5. The molecule has 0 amide bonds. The number of anilines is 3. The Morgan fingerprint density at radius 2 is 1.89 bits per heavy atom. The number of halogens is 2. The molecule has 0 saturated carbocycles. The zero-order valence-electron chi connectivity index (χ0n) is 20.4. The number of hydrogen-bond donors (Lipinski definition) is 1. The maximum absolute atomic E-state index is 14.7. The second-order valence-electron chi connectivity index (χ2n) is 9.76. The van der Waals surface area contributed by atoms with Crippen LogP contribution in [0.1, 0.15) is 31.9 Å². The molecular weight excluding hydrogens is 463 g/mol. The Balaban J connectivity index is 1.41. The van der Waals surface area contributed by atoms with E-state index < -0.39 is 0 Å². The predicted octanol–water partition coefficient (Wildman–Crippen LogP) is 5.53. The summed E-state index contributed by atoms with van der Waals surface area (Å²) in [6, 6.07) is 11.2. The summed E-state index contributed by atoms with van der Waals surface area (Å²) in [6.45, 7) is 11.8. The van der Waals surface area contributed by atoms with Crippen molar-refractivity contribution < 1.29 is 4.39 Å². The van der Waals surface area contributed by atoms with E-state index in [4.69, 9.17) is 16.6 Å². The molecule has 1 N–H and O–H groups in total. The quantitative estimate of drug-likeness (QED) is 0.507. The number of hydrogen-bond acceptors (Lipinski definition) is 6. The molecule has 6 nitrogen and oxygen atoms in total. The Morgan fingerprint density at radius 3 is 2.66 bits per heavy atom. The third-order valence-electron chi connectivity index (χ3n) is 6.88. The van der Waals surface area contributed by atoms with Crippen molar-refractivity contribution in [2.75, 3.05) is 49.5 Å². The fourth-order valence-electron chi connectivity index (χ4n) is 4.76. The maximum Gasteiger partial charge on any atom is 0.227 e. The summed E-state index contributed by atoms with van der Waals surface area (Å²) in [7, 11) is 0. The van der Waals surface area contributed by atoms with E-state index in [-0.39, 0.29) is 11.2 Å². The average Bonchev–Trinajstić information content (AvgIpc) is 2.86. The van der Waals surface area contributed by atoms with E-state index >= 15 is 0 Å². The molecule has 0 radical (unpaired) electrons. The van der Waals surface area contributed by atoms with Crippen LogP contribution in [0.3, 0.4) is 0 Å². The van der Waals surface area contributed by atoms with Crippen LogP contribution >= 0.6 is 11.6 Å². The van der Waals surface area contributed by atoms with Gasteiger partial charge in [0.15, 0.2) is 0 Å². The van der Waals surface area contributed by atoms with E-state index in [1.54, 1.807) is 12.3 Å². The van der Waals surface area contributed by atoms with Gasteiger partial charge in [-0.25, -0.2) is 14.4 Å². The number of fused-ring (bicyclic) bond motifs is 1. The smallest absolute Gasteiger partial charge is 0.227 e. The van der Waals surface area contributed by atoms with Gasteiger partial charge in [-0.2, -0.15) is 0 Å². The Bertz CT molecular complexity index is 1270. The summed E-state index contributed by atoms with van der Waals surface area (Å²) < 4.78 is 14.7. The van der Waals surface area contributed by atoms with E-state index in [9.17, 15) is 4.39 Å². The van der Waals surface area contributed by atoms with Gasteiger partial charge < -0.3 is 15.1 Å². The maximum atomic E-state index is 14.7. The van der Waals surface area contributed by atoms with Gasteiger partial charge in [-0.1, -0.05) is 44.5 Å². The molecule has 3 aromatic rings. The fraction of sp³-hybridized carbons (Fsp3) is 0.370. The summed E-state index contributed by atoms with van der Waals surface area (Å²) in [5.74, 6) is 0.190. The van der Waals surface area contributed by atoms with Crippen LogP contribution in [0.2, 0.25) is 5.02 Å². The second kappa shape index (κ2) is 9.55. The van der Waals surface area contributed by atoms with Crippen molar-refractivity contribution in [3.8, 4) is 11.3 Å². The highest BCUT2D eigenvalue weighted by Gasteiger charge is 2.26. The van der Waals surface area contributed by atoms with Crippen molar-refractivity contribution in [1.82, 2.24) is 14.9 Å². The summed E-state index contributed by atoms with van der Waals surface area (Å²) in [5, 5.41) is 3.72. The van der Waals surface area contributed by atoms with E-state index in [0.717, 1.165) is 56.1 Å². The highest BCUT2D eigenvalue weighted by atomic mass is 35.5. The first-order valence-electron chi connectivity index (χ1n) is 12.1. The molecule has 1 fully saturated rings. The third kappa shape index (κ3) is 4.88. The van der Waals surface area contributed by atoms with Gasteiger partial charge in [0.1, 0.15) is 5.82 Å². The van der Waals surface area contributed by atoms with Gasteiger partial charge in [0.05, 0.1) is 22.6 Å². The van der Waals surface area contributed by atoms with Gasteiger partial charge in [0.25, 0.3) is 0 Å². The zero-order valence-corrected chi connectivity index (χ0v) is 21.1. The topological polar surface area (TPSA) is 56.6 Å². The van der Waals surface area contributed by atoms with Gasteiger partial charge in [-0.05, 0) is 41.9 Å². The minimum Gasteiger partial charge on any atom is -0.367 e. The lowest BCUT2D eigenvalue weighted by Crippen LogP contribution is -2.46. The van der Waals surface area contributed by atoms with Crippen LogP contribution in [0.15, 0.2) is 47.6 Å². The highest BCUT2D eigenvalue weighted by Crippen LogP contribution is 2.35. The molecule has 0 atom stereocenters. The first-order chi connectivity index (χ1) is 16.8. The first-order valence-corrected chi connectivity index (χ1v) is 12.4. The van der Waals surface area contributed by atoms with Crippen molar-refractivity contribution in [3.63, 3.8) is 0 Å². The molecule has 0 unspecified atom stereocenters. The molecule has 5 rings (SSSR count). The molecule has 0 bridgehead atoms. The largest absolute Gasteiger partial charge is 0.367 e. The van der Waals surface area contributed by atoms with Crippen molar-refractivity contribution in [2.24, 2.45) is 4.99 Å². The molecule has 2 aromatic carbocycles. The van der Waals surface area contributed by atoms with E-state index in [2.05, 4.69) is 58.0 Å². The first kappa shape index (κ1) is 23.7. The van der Waals surface area contributed by atoms with Gasteiger partial charge in [0, 0.05) is 55.6 Å². The molecule has 2 aliphatic rings. The standard InChI is InChI=1S/C27H30ClFN6/c1-4-34-9-11-35(12-10-34)24-14-20(7-8-23(24)29)32-26-31-16-22(28)25(33-26)18-5-6-19-15-30-17-27(2,3)21(19)13-18/h5-8,13-16H,4,9-12,17H2,1-3H3,(H,31,32,33). The molecule has 0 spiro atoms. The van der Waals surface area contributed by atoms with Crippen molar-refractivity contribution in [3.05, 3.63) is 64.6 Å². The third-order valence-corrected chi connectivity index (χ3v) is 7.16. The second-order valence-corrected chi connectivity index (χ2v) is 10.2. The van der Waals surface area contributed by atoms with E-state index in [1.807, 2.05) is 18.3 Å². The number of nitrogens with one attached hydrogen (secondary N) is 1. The number of benzene rings is 2. The Hall–Kier alpha value is -3.03. The summed E-state index contributed by atoms with van der Waals surface area (Å²) in [6.07, 6.45) is 3.53. The number of aromatic nitrogens is 2. The Kier molecular flexibility index (Phi) is 6.47. The number of aliphatic imine (C=N–C) groups is 1. The highest BCUT2D eigenvalue weighted by molar-refractivity contribution is 6.32. The van der Waals surface area contributed by atoms with Gasteiger partial charge in [-0.3, -0.25) is 4.99 Å². The molecule has 1 aromatic heterocycles. The predicted molar refractivity (Wildman–Crippen MR) is 142 cm³/mol. The normalized spacial score (nSPS) is 17.3. The van der Waals surface area contributed by atoms with Crippen molar-refractivity contribution in [1.29, 1.82) is 0 Å². The molecule has 182 valence electrons. The molecule has 35 heavy (non-hydrogen) atoms. The lowest BCUT2D eigenvalue weighted by molar-refractivity contribution is 0.270. The minimum atomic E-state index is -0.224. The van der Waals surface area contributed by atoms with Crippen LogP contribution in [-0.2, 0) is 5.41 Å². The lowest BCUT2D eigenvalue weighted by Gasteiger charge is -2.35. The van der Waals surface area contributed by atoms with Crippen molar-refractivity contribution >= 4 is 35.1 Å². The van der Waals surface area contributed by atoms with Gasteiger partial charge in [-0.15, -0.1) is 0 Å². The Labute approximate surface area is 210 Å². The monoisotopic (exact) mass is 492 g/mol. The average molecular weight is 493 g/mol. The van der Waals surface area contributed by atoms with Crippen LogP contribution in [0.25, 0.3) is 11.3 Å². The van der Waals surface area contributed by atoms with Gasteiger partial charge >= 0.3 is 0 Å². The van der Waals surface area contributed by atoms with Crippen molar-refractivity contribution in [2.45, 2.75) is 26.2 Å². The summed E-state index contributed by atoms with van der Waals surface area (Å²) in [4.78, 5) is 18.0. The lowest BCUT2D eigenvalue weighted by atomic mass is 9.79. The Morgan fingerprint density at radius 1 is 1.09 bits per heavy atom. The minimum absolute atomic E-state index is 0.0617. The van der Waals surface area contributed by atoms with Gasteiger partial charge in [0.2, 0.25) is 5.95 Å². The van der Waals surface area contributed by atoms with E-state index in [1.165, 1.54) is 11.6 Å². The SMILES string of the molecule is CCN1CCN(c2cc(Nc3ncc(Cl)c(-c4ccc5c(c4)C(C)(C)CN=C5)n3)ccc2F)CC1. The molecule has 3 heterocycles. The summed E-state index contributed by atoms with van der Waals surface area (Å²) in [5.41, 5.74) is 5.19. The molecule has 2 aliphatic heterocycles. The van der Waals surface area contributed by atoms with E-state index in [0.29, 0.717) is 22.4 Å². The summed E-state index contributed by atoms with van der Waals surface area (Å²) >= 11 is 6.52.